The van der Waals surface area contributed by atoms with Crippen molar-refractivity contribution in [3.8, 4) is 0 Å². The Morgan fingerprint density at radius 3 is 2.78 bits per heavy atom. The Hall–Kier alpha value is -2.26. The molecular weight excluding hydrogens is 414 g/mol. The van der Waals surface area contributed by atoms with Gasteiger partial charge in [-0.25, -0.2) is 14.9 Å². The van der Waals surface area contributed by atoms with Crippen LogP contribution in [0.4, 0.5) is 4.79 Å². The highest BCUT2D eigenvalue weighted by molar-refractivity contribution is 5.86. The van der Waals surface area contributed by atoms with Crippen LogP contribution in [-0.4, -0.2) is 75.7 Å². The van der Waals surface area contributed by atoms with Crippen LogP contribution in [0.1, 0.15) is 46.0 Å². The summed E-state index contributed by atoms with van der Waals surface area (Å²) >= 11 is 0. The number of amides is 2. The average Bonchev–Trinajstić information content (AvgIpc) is 3.13. The third-order valence-electron chi connectivity index (χ3n) is 8.05. The van der Waals surface area contributed by atoms with Crippen LogP contribution in [0.15, 0.2) is 23.6 Å². The molecule has 32 heavy (non-hydrogen) atoms. The van der Waals surface area contributed by atoms with Gasteiger partial charge < -0.3 is 14.9 Å². The number of hydrazine groups is 1. The summed E-state index contributed by atoms with van der Waals surface area (Å²) in [7, 11) is 1.42. The first-order valence-corrected chi connectivity index (χ1v) is 11.7. The fourth-order valence-electron chi connectivity index (χ4n) is 6.79. The Morgan fingerprint density at radius 2 is 2.09 bits per heavy atom. The normalized spacial score (nSPS) is 40.7. The molecule has 176 valence electrons. The molecule has 3 heterocycles. The minimum Gasteiger partial charge on any atom is -0.493 e. The van der Waals surface area contributed by atoms with E-state index in [1.165, 1.54) is 22.8 Å². The zero-order chi connectivity index (χ0) is 22.8. The van der Waals surface area contributed by atoms with Crippen molar-refractivity contribution >= 4 is 12.0 Å². The maximum absolute atomic E-state index is 12.9. The summed E-state index contributed by atoms with van der Waals surface area (Å²) in [5.41, 5.74) is 0.980. The lowest BCUT2D eigenvalue weighted by atomic mass is 9.61. The number of ether oxygens (including phenoxy) is 1. The first-order chi connectivity index (χ1) is 15.2. The first kappa shape index (κ1) is 21.6. The molecule has 9 heteroatoms. The van der Waals surface area contributed by atoms with Gasteiger partial charge in [-0.15, -0.1) is 0 Å². The summed E-state index contributed by atoms with van der Waals surface area (Å²) in [5, 5.41) is 24.8. The largest absolute Gasteiger partial charge is 0.493 e. The summed E-state index contributed by atoms with van der Waals surface area (Å²) in [6.07, 6.45) is 6.41. The maximum atomic E-state index is 12.9. The van der Waals surface area contributed by atoms with Crippen LogP contribution in [0.25, 0.3) is 0 Å². The van der Waals surface area contributed by atoms with Gasteiger partial charge in [-0.1, -0.05) is 19.9 Å². The average molecular weight is 448 g/mol. The van der Waals surface area contributed by atoms with Crippen molar-refractivity contribution < 1.29 is 29.4 Å². The van der Waals surface area contributed by atoms with E-state index in [4.69, 9.17) is 9.57 Å². The lowest BCUT2D eigenvalue weighted by Crippen LogP contribution is -2.55. The fraction of sp³-hybridized carbons (Fsp3) is 0.739. The van der Waals surface area contributed by atoms with Gasteiger partial charge in [0.15, 0.2) is 0 Å². The number of aliphatic hydroxyl groups is 1. The molecule has 0 aromatic carbocycles. The van der Waals surface area contributed by atoms with E-state index in [1.807, 2.05) is 13.1 Å². The van der Waals surface area contributed by atoms with E-state index in [0.29, 0.717) is 31.8 Å². The minimum atomic E-state index is -1.17. The van der Waals surface area contributed by atoms with E-state index in [1.54, 1.807) is 5.01 Å². The molecule has 1 saturated heterocycles. The van der Waals surface area contributed by atoms with Gasteiger partial charge in [0.05, 0.1) is 30.9 Å². The number of nitrogens with zero attached hydrogens (tertiary/aromatic N) is 3. The van der Waals surface area contributed by atoms with Gasteiger partial charge in [0, 0.05) is 31.0 Å². The molecule has 0 radical (unpaired) electrons. The molecule has 0 bridgehead atoms. The highest BCUT2D eigenvalue weighted by Crippen LogP contribution is 2.59. The summed E-state index contributed by atoms with van der Waals surface area (Å²) in [5.74, 6) is 0.830. The van der Waals surface area contributed by atoms with Crippen LogP contribution in [0.2, 0.25) is 0 Å². The van der Waals surface area contributed by atoms with E-state index in [9.17, 15) is 19.8 Å². The van der Waals surface area contributed by atoms with Crippen molar-refractivity contribution in [2.24, 2.45) is 23.2 Å². The summed E-state index contributed by atoms with van der Waals surface area (Å²) < 4.78 is 6.40. The van der Waals surface area contributed by atoms with Crippen LogP contribution in [0, 0.1) is 23.2 Å². The monoisotopic (exact) mass is 447 g/mol. The van der Waals surface area contributed by atoms with Crippen molar-refractivity contribution in [1.82, 2.24) is 15.1 Å². The molecule has 2 aliphatic carbocycles. The second-order valence-corrected chi connectivity index (χ2v) is 10.2. The molecule has 9 nitrogen and oxygen atoms in total. The van der Waals surface area contributed by atoms with E-state index in [-0.39, 0.29) is 29.3 Å². The van der Waals surface area contributed by atoms with E-state index in [2.05, 4.69) is 13.0 Å². The number of hydrogen-bond acceptors (Lipinski definition) is 6. The zero-order valence-electron chi connectivity index (χ0n) is 18.9. The molecule has 0 aromatic rings. The van der Waals surface area contributed by atoms with E-state index in [0.717, 1.165) is 25.0 Å². The van der Waals surface area contributed by atoms with Gasteiger partial charge >= 0.3 is 6.09 Å². The molecule has 2 amide bonds. The van der Waals surface area contributed by atoms with Gasteiger partial charge in [-0.05, 0) is 37.2 Å². The molecule has 7 atom stereocenters. The number of hydroxylamine groups is 2. The molecule has 0 aromatic heterocycles. The van der Waals surface area contributed by atoms with Crippen LogP contribution in [-0.2, 0) is 14.4 Å². The van der Waals surface area contributed by atoms with Crippen molar-refractivity contribution in [2.75, 3.05) is 20.2 Å². The number of hydrogen-bond donors (Lipinski definition) is 2. The number of carbonyl (C=O) groups excluding carboxylic acids is 1. The van der Waals surface area contributed by atoms with E-state index < -0.39 is 18.2 Å². The number of carbonyl (C=O) groups is 2. The van der Waals surface area contributed by atoms with Gasteiger partial charge in [-0.2, -0.15) is 0 Å². The Bertz CT molecular complexity index is 874. The summed E-state index contributed by atoms with van der Waals surface area (Å²) in [6.45, 7) is 4.85. The predicted octanol–water partition coefficient (Wildman–Crippen LogP) is 2.35. The predicted molar refractivity (Wildman–Crippen MR) is 113 cm³/mol. The van der Waals surface area contributed by atoms with Gasteiger partial charge in [0.2, 0.25) is 0 Å². The second kappa shape index (κ2) is 7.66. The highest BCUT2D eigenvalue weighted by Gasteiger charge is 2.57. The second-order valence-electron chi connectivity index (χ2n) is 10.2. The van der Waals surface area contributed by atoms with Gasteiger partial charge in [-0.3, -0.25) is 14.6 Å². The maximum Gasteiger partial charge on any atom is 0.427 e. The summed E-state index contributed by atoms with van der Waals surface area (Å²) in [4.78, 5) is 30.5. The molecule has 3 aliphatic heterocycles. The van der Waals surface area contributed by atoms with Crippen molar-refractivity contribution in [2.45, 2.75) is 64.2 Å². The Balaban J connectivity index is 1.55. The third kappa shape index (κ3) is 3.12. The lowest BCUT2D eigenvalue weighted by Gasteiger charge is -2.42. The molecule has 5 aliphatic rings. The zero-order valence-corrected chi connectivity index (χ0v) is 18.9. The molecule has 2 fully saturated rings. The van der Waals surface area contributed by atoms with Crippen molar-refractivity contribution in [3.05, 3.63) is 23.6 Å². The first-order valence-electron chi connectivity index (χ1n) is 11.7. The van der Waals surface area contributed by atoms with E-state index >= 15 is 0 Å². The van der Waals surface area contributed by atoms with Crippen molar-refractivity contribution in [3.63, 3.8) is 0 Å². The van der Waals surface area contributed by atoms with Crippen LogP contribution in [0.5, 0.6) is 0 Å². The number of rotatable bonds is 3. The van der Waals surface area contributed by atoms with Gasteiger partial charge in [0.1, 0.15) is 12.1 Å². The molecule has 4 unspecified atom stereocenters. The molecule has 2 N–H and O–H groups in total. The molecule has 5 rings (SSSR count). The summed E-state index contributed by atoms with van der Waals surface area (Å²) in [6, 6.07) is -0.855. The van der Waals surface area contributed by atoms with Crippen LogP contribution < -0.4 is 0 Å². The lowest BCUT2D eigenvalue weighted by molar-refractivity contribution is -0.172. The Kier molecular flexibility index (Phi) is 5.16. The highest BCUT2D eigenvalue weighted by atomic mass is 16.7. The molecular formula is C23H33N3O6. The Morgan fingerprint density at radius 1 is 1.31 bits per heavy atom. The number of carboxylic acid groups (broad SMARTS) is 1. The standard InChI is InChI=1S/C23H33N3O6/c1-13-4-5-18-23(10-13)6-7-24(12-15-8-16(27)9-17(32-18)19(15)23)26(22(29)30)20-14(2)11-25(31-3)21(20)28/h6-7,13-16,18,20,27H,4-5,8-12H2,1-3H3,(H,29,30)/t13?,14?,15-,16-,18-,20?,23?/m1/s1. The SMILES string of the molecule is CON1CC(C)C(N(C(=O)O)N2C=CC34CC(C)CC[C@H]3OC3=C4[C@H](C[C@@H](O)C3)C2)C1=O. The van der Waals surface area contributed by atoms with Gasteiger partial charge in [0.25, 0.3) is 5.91 Å². The fourth-order valence-corrected chi connectivity index (χ4v) is 6.79. The number of aliphatic hydroxyl groups excluding tert-OH is 1. The quantitative estimate of drug-likeness (QED) is 0.685. The van der Waals surface area contributed by atoms with Crippen molar-refractivity contribution in [1.29, 1.82) is 0 Å². The molecule has 1 spiro atoms. The van der Waals surface area contributed by atoms with Crippen LogP contribution >= 0.6 is 0 Å². The minimum absolute atomic E-state index is 0.0296. The third-order valence-corrected chi connectivity index (χ3v) is 8.05. The smallest absolute Gasteiger partial charge is 0.427 e. The van der Waals surface area contributed by atoms with Crippen LogP contribution in [0.3, 0.4) is 0 Å². The topological polar surface area (TPSA) is 103 Å². The molecule has 1 saturated carbocycles. The Labute approximate surface area is 188 Å².